The zero-order valence-electron chi connectivity index (χ0n) is 5.65. The molecule has 11 heteroatoms. The Morgan fingerprint density at radius 2 is 1.62 bits per heavy atom. The second-order valence-electron chi connectivity index (χ2n) is 1.78. The van der Waals surface area contributed by atoms with Gasteiger partial charge in [-0.2, -0.15) is 4.31 Å². The molecule has 2 N–H and O–H groups in total. The van der Waals surface area contributed by atoms with E-state index in [2.05, 4.69) is 13.4 Å². The Bertz CT molecular complexity index is 329. The van der Waals surface area contributed by atoms with Crippen LogP contribution in [0.3, 0.4) is 0 Å². The lowest BCUT2D eigenvalue weighted by Crippen LogP contribution is -2.05. The highest BCUT2D eigenvalue weighted by Gasteiger charge is 2.51. The maximum atomic E-state index is 10.8. The molecule has 0 aromatic rings. The van der Waals surface area contributed by atoms with E-state index in [0.29, 0.717) is 0 Å². The fourth-order valence-corrected chi connectivity index (χ4v) is 2.36. The van der Waals surface area contributed by atoms with Crippen molar-refractivity contribution in [3.8, 4) is 0 Å². The molecule has 0 bridgehead atoms. The monoisotopic (exact) mass is 232 g/mol. The Morgan fingerprint density at radius 3 is 1.92 bits per heavy atom. The topological polar surface area (TPSA) is 136 Å². The molecule has 0 amide bonds. The molecule has 1 saturated heterocycles. The highest BCUT2D eigenvalue weighted by molar-refractivity contribution is 7.62. The van der Waals surface area contributed by atoms with E-state index in [-0.39, 0.29) is 0 Å². The third-order valence-corrected chi connectivity index (χ3v) is 3.19. The quantitative estimate of drug-likeness (QED) is 0.467. The van der Waals surface area contributed by atoms with Crippen molar-refractivity contribution in [1.29, 1.82) is 0 Å². The zero-order valence-corrected chi connectivity index (χ0v) is 7.44. The average molecular weight is 232 g/mol. The summed E-state index contributed by atoms with van der Waals surface area (Å²) >= 11 is 0. The van der Waals surface area contributed by atoms with Crippen LogP contribution in [0.15, 0.2) is 0 Å². The standard InChI is InChI=1S/C2H2O9P2/c3-1-2(4)10-13(8,9-1)11-12(5,6)7/h(H2,5,6,7). The lowest BCUT2D eigenvalue weighted by atomic mass is 10.7. The van der Waals surface area contributed by atoms with E-state index in [9.17, 15) is 18.7 Å². The average Bonchev–Trinajstić information content (AvgIpc) is 2.00. The fraction of sp³-hybridized carbons (Fsp3) is 0. The van der Waals surface area contributed by atoms with Crippen LogP contribution in [0.4, 0.5) is 0 Å². The summed E-state index contributed by atoms with van der Waals surface area (Å²) in [6.07, 6.45) is 0. The lowest BCUT2D eigenvalue weighted by Gasteiger charge is -2.06. The second-order valence-corrected chi connectivity index (χ2v) is 4.67. The molecule has 0 saturated carbocycles. The Hall–Kier alpha value is -0.720. The molecule has 0 atom stereocenters. The highest BCUT2D eigenvalue weighted by Crippen LogP contribution is 2.63. The van der Waals surface area contributed by atoms with Gasteiger partial charge in [-0.05, 0) is 0 Å². The van der Waals surface area contributed by atoms with Gasteiger partial charge in [0.05, 0.1) is 0 Å². The van der Waals surface area contributed by atoms with Crippen LogP contribution in [0.2, 0.25) is 0 Å². The van der Waals surface area contributed by atoms with Crippen molar-refractivity contribution in [2.24, 2.45) is 0 Å². The maximum Gasteiger partial charge on any atom is 0.601 e. The smallest absolute Gasteiger partial charge is 0.352 e. The van der Waals surface area contributed by atoms with Gasteiger partial charge in [-0.25, -0.2) is 18.7 Å². The minimum atomic E-state index is -5.15. The summed E-state index contributed by atoms with van der Waals surface area (Å²) in [5, 5.41) is 0. The van der Waals surface area contributed by atoms with E-state index in [1.165, 1.54) is 0 Å². The molecule has 1 aliphatic heterocycles. The van der Waals surface area contributed by atoms with Gasteiger partial charge in [-0.3, -0.25) is 0 Å². The summed E-state index contributed by atoms with van der Waals surface area (Å²) in [4.78, 5) is 36.8. The second kappa shape index (κ2) is 2.90. The van der Waals surface area contributed by atoms with Gasteiger partial charge in [0.25, 0.3) is 0 Å². The first-order valence-electron chi connectivity index (χ1n) is 2.56. The summed E-state index contributed by atoms with van der Waals surface area (Å²) in [6.45, 7) is 0. The first kappa shape index (κ1) is 10.4. The van der Waals surface area contributed by atoms with Crippen molar-refractivity contribution in [2.45, 2.75) is 0 Å². The maximum absolute atomic E-state index is 10.8. The third-order valence-electron chi connectivity index (χ3n) is 0.762. The number of phosphoric acid groups is 2. The summed E-state index contributed by atoms with van der Waals surface area (Å²) in [6, 6.07) is 0. The van der Waals surface area contributed by atoms with Gasteiger partial charge in [0, 0.05) is 0 Å². The summed E-state index contributed by atoms with van der Waals surface area (Å²) in [5.74, 6) is -3.26. The molecule has 0 spiro atoms. The largest absolute Gasteiger partial charge is 0.601 e. The molecule has 1 rings (SSSR count). The minimum absolute atomic E-state index is 1.63. The van der Waals surface area contributed by atoms with Gasteiger partial charge in [-0.15, -0.1) is 0 Å². The van der Waals surface area contributed by atoms with Crippen molar-refractivity contribution in [3.05, 3.63) is 0 Å². The number of carbonyl (C=O) groups is 2. The van der Waals surface area contributed by atoms with Crippen LogP contribution in [0.5, 0.6) is 0 Å². The van der Waals surface area contributed by atoms with Crippen molar-refractivity contribution in [3.63, 3.8) is 0 Å². The van der Waals surface area contributed by atoms with Crippen LogP contribution in [0.25, 0.3) is 0 Å². The van der Waals surface area contributed by atoms with E-state index in [4.69, 9.17) is 9.79 Å². The molecule has 0 aliphatic carbocycles. The molecule has 1 fully saturated rings. The molecule has 0 unspecified atom stereocenters. The van der Waals surface area contributed by atoms with Gasteiger partial charge in [0.2, 0.25) is 0 Å². The first-order chi connectivity index (χ1) is 5.72. The molecule has 0 aromatic heterocycles. The van der Waals surface area contributed by atoms with Crippen LogP contribution in [0.1, 0.15) is 0 Å². The van der Waals surface area contributed by atoms with Gasteiger partial charge in [0.1, 0.15) is 0 Å². The SMILES string of the molecule is O=C1OP(=O)(OP(=O)(O)O)OC1=O. The summed E-state index contributed by atoms with van der Waals surface area (Å²) < 4.78 is 31.8. The lowest BCUT2D eigenvalue weighted by molar-refractivity contribution is -0.150. The molecule has 9 nitrogen and oxygen atoms in total. The molecule has 13 heavy (non-hydrogen) atoms. The van der Waals surface area contributed by atoms with E-state index < -0.39 is 27.6 Å². The van der Waals surface area contributed by atoms with E-state index in [0.717, 1.165) is 0 Å². The molecular weight excluding hydrogens is 230 g/mol. The van der Waals surface area contributed by atoms with Crippen molar-refractivity contribution >= 4 is 27.6 Å². The van der Waals surface area contributed by atoms with Crippen molar-refractivity contribution in [1.82, 2.24) is 0 Å². The van der Waals surface area contributed by atoms with Crippen LogP contribution in [0, 0.1) is 0 Å². The third kappa shape index (κ3) is 2.61. The normalized spacial score (nSPS) is 21.1. The number of hydrogen-bond acceptors (Lipinski definition) is 7. The fourth-order valence-electron chi connectivity index (χ4n) is 0.460. The van der Waals surface area contributed by atoms with Crippen LogP contribution in [-0.2, 0) is 32.1 Å². The number of rotatable bonds is 2. The summed E-state index contributed by atoms with van der Waals surface area (Å²) in [7, 11) is -9.92. The van der Waals surface area contributed by atoms with Crippen LogP contribution >= 0.6 is 15.6 Å². The molecule has 0 aromatic carbocycles. The van der Waals surface area contributed by atoms with E-state index >= 15 is 0 Å². The van der Waals surface area contributed by atoms with E-state index in [1.807, 2.05) is 0 Å². The Kier molecular flexibility index (Phi) is 2.31. The van der Waals surface area contributed by atoms with Crippen LogP contribution in [-0.4, -0.2) is 21.7 Å². The Labute approximate surface area is 70.4 Å². The van der Waals surface area contributed by atoms with Gasteiger partial charge in [0.15, 0.2) is 0 Å². The molecule has 1 aliphatic rings. The predicted octanol–water partition coefficient (Wildman–Crippen LogP) is -0.696. The minimum Gasteiger partial charge on any atom is -0.352 e. The molecular formula is C2H2O9P2. The number of carbonyl (C=O) groups excluding carboxylic acids is 2. The first-order valence-corrected chi connectivity index (χ1v) is 5.55. The van der Waals surface area contributed by atoms with Gasteiger partial charge in [-0.1, -0.05) is 0 Å². The molecule has 74 valence electrons. The summed E-state index contributed by atoms with van der Waals surface area (Å²) in [5.41, 5.74) is 0. The van der Waals surface area contributed by atoms with E-state index in [1.54, 1.807) is 0 Å². The van der Waals surface area contributed by atoms with Crippen molar-refractivity contribution in [2.75, 3.05) is 0 Å². The molecule has 0 radical (unpaired) electrons. The number of hydrogen-bond donors (Lipinski definition) is 2. The molecule has 1 heterocycles. The highest BCUT2D eigenvalue weighted by atomic mass is 31.3. The van der Waals surface area contributed by atoms with Crippen LogP contribution < -0.4 is 0 Å². The Morgan fingerprint density at radius 1 is 1.23 bits per heavy atom. The Balaban J connectivity index is 2.83. The number of phosphoric ester groups is 1. The predicted molar refractivity (Wildman–Crippen MR) is 32.9 cm³/mol. The van der Waals surface area contributed by atoms with Gasteiger partial charge >= 0.3 is 27.6 Å². The zero-order chi connectivity index (χ0) is 10.3. The van der Waals surface area contributed by atoms with Crippen molar-refractivity contribution < 1.29 is 41.9 Å². The van der Waals surface area contributed by atoms with Gasteiger partial charge < -0.3 is 18.8 Å².